The van der Waals surface area contributed by atoms with Gasteiger partial charge in [-0.25, -0.2) is 9.78 Å². The molecule has 1 N–H and O–H groups in total. The SMILES string of the molecule is COc1cc(C)nc(N2CC3CCCC3C2C(=O)O)n1. The first-order chi connectivity index (χ1) is 9.60. The van der Waals surface area contributed by atoms with Crippen LogP contribution >= 0.6 is 0 Å². The van der Waals surface area contributed by atoms with Crippen molar-refractivity contribution < 1.29 is 14.6 Å². The number of methoxy groups -OCH3 is 1. The lowest BCUT2D eigenvalue weighted by molar-refractivity contribution is -0.139. The second-order valence-electron chi connectivity index (χ2n) is 5.64. The number of carboxylic acids is 1. The largest absolute Gasteiger partial charge is 0.481 e. The van der Waals surface area contributed by atoms with Crippen LogP contribution in [0.1, 0.15) is 25.0 Å². The Morgan fingerprint density at radius 2 is 2.25 bits per heavy atom. The molecule has 0 bridgehead atoms. The number of aryl methyl sites for hydroxylation is 1. The zero-order chi connectivity index (χ0) is 14.3. The van der Waals surface area contributed by atoms with E-state index in [1.807, 2.05) is 11.8 Å². The molecule has 6 heteroatoms. The lowest BCUT2D eigenvalue weighted by Gasteiger charge is -2.24. The molecule has 1 aliphatic heterocycles. The van der Waals surface area contributed by atoms with Gasteiger partial charge in [0.2, 0.25) is 11.8 Å². The summed E-state index contributed by atoms with van der Waals surface area (Å²) in [5.41, 5.74) is 0.785. The molecule has 2 fully saturated rings. The van der Waals surface area contributed by atoms with Gasteiger partial charge in [0.05, 0.1) is 7.11 Å². The van der Waals surface area contributed by atoms with Crippen molar-refractivity contribution in [2.24, 2.45) is 11.8 Å². The molecular weight excluding hydrogens is 258 g/mol. The van der Waals surface area contributed by atoms with Crippen LogP contribution in [0.25, 0.3) is 0 Å². The van der Waals surface area contributed by atoms with Gasteiger partial charge in [0.1, 0.15) is 6.04 Å². The number of carboxylic acid groups (broad SMARTS) is 1. The maximum atomic E-state index is 11.6. The van der Waals surface area contributed by atoms with Crippen molar-refractivity contribution in [3.05, 3.63) is 11.8 Å². The Morgan fingerprint density at radius 1 is 1.45 bits per heavy atom. The highest BCUT2D eigenvalue weighted by Crippen LogP contribution is 2.43. The average Bonchev–Trinajstić information content (AvgIpc) is 2.96. The summed E-state index contributed by atoms with van der Waals surface area (Å²) >= 11 is 0. The molecule has 3 atom stereocenters. The summed E-state index contributed by atoms with van der Waals surface area (Å²) in [5.74, 6) is 0.856. The van der Waals surface area contributed by atoms with E-state index in [0.717, 1.165) is 31.5 Å². The van der Waals surface area contributed by atoms with Crippen LogP contribution in [-0.2, 0) is 4.79 Å². The van der Waals surface area contributed by atoms with Gasteiger partial charge in [0.15, 0.2) is 0 Å². The number of hydrogen-bond acceptors (Lipinski definition) is 5. The molecule has 0 spiro atoms. The fourth-order valence-electron chi connectivity index (χ4n) is 3.59. The maximum Gasteiger partial charge on any atom is 0.326 e. The van der Waals surface area contributed by atoms with Gasteiger partial charge >= 0.3 is 5.97 Å². The van der Waals surface area contributed by atoms with Gasteiger partial charge in [-0.3, -0.25) is 0 Å². The number of fused-ring (bicyclic) bond motifs is 1. The molecule has 2 heterocycles. The van der Waals surface area contributed by atoms with Crippen LogP contribution in [0.5, 0.6) is 5.88 Å². The Morgan fingerprint density at radius 3 is 2.95 bits per heavy atom. The molecule has 0 aromatic carbocycles. The fraction of sp³-hybridized carbons (Fsp3) is 0.643. The summed E-state index contributed by atoms with van der Waals surface area (Å²) in [4.78, 5) is 22.2. The van der Waals surface area contributed by atoms with Crippen LogP contribution in [0.2, 0.25) is 0 Å². The van der Waals surface area contributed by atoms with Crippen molar-refractivity contribution in [1.29, 1.82) is 0 Å². The van der Waals surface area contributed by atoms with Crippen LogP contribution < -0.4 is 9.64 Å². The van der Waals surface area contributed by atoms with Gasteiger partial charge in [-0.2, -0.15) is 4.98 Å². The molecule has 3 unspecified atom stereocenters. The molecule has 6 nitrogen and oxygen atoms in total. The van der Waals surface area contributed by atoms with Crippen LogP contribution in [0.4, 0.5) is 5.95 Å². The molecular formula is C14H19N3O3. The van der Waals surface area contributed by atoms with Gasteiger partial charge in [-0.15, -0.1) is 0 Å². The first-order valence-electron chi connectivity index (χ1n) is 6.99. The van der Waals surface area contributed by atoms with E-state index in [4.69, 9.17) is 4.74 Å². The summed E-state index contributed by atoms with van der Waals surface area (Å²) in [6, 6.07) is 1.24. The fourth-order valence-corrected chi connectivity index (χ4v) is 3.59. The lowest BCUT2D eigenvalue weighted by atomic mass is 9.94. The molecule has 0 radical (unpaired) electrons. The molecule has 1 aromatic rings. The van der Waals surface area contributed by atoms with Crippen molar-refractivity contribution >= 4 is 11.9 Å². The summed E-state index contributed by atoms with van der Waals surface area (Å²) in [6.07, 6.45) is 3.22. The third kappa shape index (κ3) is 2.09. The van der Waals surface area contributed by atoms with Gasteiger partial charge in [0, 0.05) is 18.3 Å². The minimum Gasteiger partial charge on any atom is -0.481 e. The Bertz CT molecular complexity index is 534. The number of rotatable bonds is 3. The molecule has 3 rings (SSSR count). The number of ether oxygens (including phenoxy) is 1. The summed E-state index contributed by atoms with van der Waals surface area (Å²) in [5, 5.41) is 9.56. The summed E-state index contributed by atoms with van der Waals surface area (Å²) in [6.45, 7) is 2.59. The van der Waals surface area contributed by atoms with Crippen molar-refractivity contribution in [2.45, 2.75) is 32.2 Å². The van der Waals surface area contributed by atoms with Gasteiger partial charge in [-0.1, -0.05) is 6.42 Å². The van der Waals surface area contributed by atoms with E-state index in [1.165, 1.54) is 0 Å². The molecule has 2 aliphatic rings. The Labute approximate surface area is 117 Å². The number of anilines is 1. The monoisotopic (exact) mass is 277 g/mol. The molecule has 1 saturated carbocycles. The van der Waals surface area contributed by atoms with Gasteiger partial charge in [-0.05, 0) is 31.6 Å². The van der Waals surface area contributed by atoms with E-state index in [2.05, 4.69) is 9.97 Å². The topological polar surface area (TPSA) is 75.5 Å². The smallest absolute Gasteiger partial charge is 0.326 e. The van der Waals surface area contributed by atoms with Crippen LogP contribution in [0.15, 0.2) is 6.07 Å². The van der Waals surface area contributed by atoms with Crippen molar-refractivity contribution in [2.75, 3.05) is 18.6 Å². The number of hydrogen-bond donors (Lipinski definition) is 1. The second-order valence-corrected chi connectivity index (χ2v) is 5.64. The highest BCUT2D eigenvalue weighted by atomic mass is 16.5. The van der Waals surface area contributed by atoms with E-state index in [9.17, 15) is 9.90 Å². The summed E-state index contributed by atoms with van der Waals surface area (Å²) in [7, 11) is 1.55. The van der Waals surface area contributed by atoms with E-state index < -0.39 is 12.0 Å². The standard InChI is InChI=1S/C14H19N3O3/c1-8-6-11(20-2)16-14(15-8)17-7-9-4-3-5-10(9)12(17)13(18)19/h6,9-10,12H,3-5,7H2,1-2H3,(H,18,19). The highest BCUT2D eigenvalue weighted by Gasteiger charge is 2.48. The predicted molar refractivity (Wildman–Crippen MR) is 72.9 cm³/mol. The summed E-state index contributed by atoms with van der Waals surface area (Å²) < 4.78 is 5.16. The minimum absolute atomic E-state index is 0.225. The zero-order valence-corrected chi connectivity index (χ0v) is 11.7. The molecule has 0 amide bonds. The lowest BCUT2D eigenvalue weighted by Crippen LogP contribution is -2.40. The molecule has 20 heavy (non-hydrogen) atoms. The van der Waals surface area contributed by atoms with Crippen LogP contribution in [0, 0.1) is 18.8 Å². The number of aromatic nitrogens is 2. The van der Waals surface area contributed by atoms with E-state index >= 15 is 0 Å². The second kappa shape index (κ2) is 4.92. The van der Waals surface area contributed by atoms with Crippen LogP contribution in [0.3, 0.4) is 0 Å². The molecule has 1 aliphatic carbocycles. The van der Waals surface area contributed by atoms with Gasteiger partial charge in [0.25, 0.3) is 0 Å². The molecule has 1 aromatic heterocycles. The van der Waals surface area contributed by atoms with Crippen molar-refractivity contribution in [1.82, 2.24) is 9.97 Å². The predicted octanol–water partition coefficient (Wildman–Crippen LogP) is 1.48. The number of aliphatic carboxylic acids is 1. The molecule has 108 valence electrons. The normalized spacial score (nSPS) is 28.5. The van der Waals surface area contributed by atoms with Crippen molar-refractivity contribution in [3.8, 4) is 5.88 Å². The van der Waals surface area contributed by atoms with Crippen molar-refractivity contribution in [3.63, 3.8) is 0 Å². The number of nitrogens with zero attached hydrogens (tertiary/aromatic N) is 3. The number of carbonyl (C=O) groups is 1. The van der Waals surface area contributed by atoms with E-state index in [-0.39, 0.29) is 5.92 Å². The Balaban J connectivity index is 1.96. The minimum atomic E-state index is -0.775. The quantitative estimate of drug-likeness (QED) is 0.902. The third-order valence-corrected chi connectivity index (χ3v) is 4.43. The third-order valence-electron chi connectivity index (χ3n) is 4.43. The van der Waals surface area contributed by atoms with E-state index in [1.54, 1.807) is 13.2 Å². The highest BCUT2D eigenvalue weighted by molar-refractivity contribution is 5.79. The average molecular weight is 277 g/mol. The zero-order valence-electron chi connectivity index (χ0n) is 11.7. The first kappa shape index (κ1) is 13.1. The first-order valence-corrected chi connectivity index (χ1v) is 6.99. The molecule has 1 saturated heterocycles. The van der Waals surface area contributed by atoms with Crippen LogP contribution in [-0.4, -0.2) is 40.7 Å². The maximum absolute atomic E-state index is 11.6. The van der Waals surface area contributed by atoms with E-state index in [0.29, 0.717) is 17.7 Å². The van der Waals surface area contributed by atoms with Gasteiger partial charge < -0.3 is 14.7 Å². The Kier molecular flexibility index (Phi) is 3.23. The Hall–Kier alpha value is -1.85.